The molecule has 0 saturated heterocycles. The van der Waals surface area contributed by atoms with Crippen LogP contribution in [0.25, 0.3) is 0 Å². The molecule has 1 aliphatic rings. The number of carbonyl (C=O) groups excluding carboxylic acids is 2. The van der Waals surface area contributed by atoms with Crippen LogP contribution < -0.4 is 0 Å². The zero-order valence-electron chi connectivity index (χ0n) is 15.2. The molecular formula is C15H25NO10. The summed E-state index contributed by atoms with van der Waals surface area (Å²) in [6, 6.07) is -2.38. The quantitative estimate of drug-likeness (QED) is 0.238. The van der Waals surface area contributed by atoms with Gasteiger partial charge in [0.25, 0.3) is 6.04 Å². The fourth-order valence-electron chi connectivity index (χ4n) is 3.41. The van der Waals surface area contributed by atoms with Crippen molar-refractivity contribution in [3.8, 4) is 0 Å². The molecule has 1 saturated carbocycles. The van der Waals surface area contributed by atoms with Crippen molar-refractivity contribution in [2.24, 2.45) is 5.92 Å². The van der Waals surface area contributed by atoms with Crippen LogP contribution in [0.4, 0.5) is 0 Å². The van der Waals surface area contributed by atoms with Crippen molar-refractivity contribution in [1.82, 2.24) is 0 Å². The number of nitro groups is 1. The van der Waals surface area contributed by atoms with E-state index in [1.54, 1.807) is 0 Å². The van der Waals surface area contributed by atoms with Crippen LogP contribution in [0.3, 0.4) is 0 Å². The molecule has 0 amide bonds. The first-order chi connectivity index (χ1) is 12.1. The van der Waals surface area contributed by atoms with E-state index in [9.17, 15) is 29.9 Å². The predicted octanol–water partition coefficient (Wildman–Crippen LogP) is -0.751. The topological polar surface area (TPSA) is 155 Å². The van der Waals surface area contributed by atoms with Gasteiger partial charge in [-0.1, -0.05) is 0 Å². The van der Waals surface area contributed by atoms with Crippen LogP contribution in [0.1, 0.15) is 26.7 Å². The second-order valence-electron chi connectivity index (χ2n) is 5.99. The highest BCUT2D eigenvalue weighted by molar-refractivity contribution is 5.86. The summed E-state index contributed by atoms with van der Waals surface area (Å²) in [7, 11) is 2.56. The Bertz CT molecular complexity index is 503. The second-order valence-corrected chi connectivity index (χ2v) is 5.99. The van der Waals surface area contributed by atoms with Crippen molar-refractivity contribution < 1.29 is 43.7 Å². The highest BCUT2D eigenvalue weighted by atomic mass is 16.7. The normalized spacial score (nSPS) is 31.5. The molecule has 0 aromatic carbocycles. The fraction of sp³-hybridized carbons (Fsp3) is 0.867. The molecule has 0 heterocycles. The molecular weight excluding hydrogens is 354 g/mol. The van der Waals surface area contributed by atoms with Crippen molar-refractivity contribution in [2.45, 2.75) is 50.2 Å². The lowest BCUT2D eigenvalue weighted by Crippen LogP contribution is -2.72. The molecule has 0 spiro atoms. The Morgan fingerprint density at radius 1 is 1.08 bits per heavy atom. The lowest BCUT2D eigenvalue weighted by Gasteiger charge is -2.45. The van der Waals surface area contributed by atoms with Crippen molar-refractivity contribution in [2.75, 3.05) is 27.4 Å². The Hall–Kier alpha value is -1.82. The number of methoxy groups -OCH3 is 2. The van der Waals surface area contributed by atoms with Crippen LogP contribution in [-0.2, 0) is 28.5 Å². The summed E-state index contributed by atoms with van der Waals surface area (Å²) in [5.74, 6) is -3.56. The van der Waals surface area contributed by atoms with Gasteiger partial charge in [-0.25, -0.2) is 9.59 Å². The Morgan fingerprint density at radius 3 is 1.73 bits per heavy atom. The third kappa shape index (κ3) is 3.95. The first kappa shape index (κ1) is 22.2. The highest BCUT2D eigenvalue weighted by Gasteiger charge is 2.71. The van der Waals surface area contributed by atoms with E-state index in [1.807, 2.05) is 0 Å². The van der Waals surface area contributed by atoms with Gasteiger partial charge in [0.15, 0.2) is 6.29 Å². The minimum absolute atomic E-state index is 0.161. The molecule has 1 fully saturated rings. The van der Waals surface area contributed by atoms with Crippen LogP contribution in [0.15, 0.2) is 0 Å². The van der Waals surface area contributed by atoms with Gasteiger partial charge in [-0.15, -0.1) is 0 Å². The summed E-state index contributed by atoms with van der Waals surface area (Å²) in [4.78, 5) is 35.2. The summed E-state index contributed by atoms with van der Waals surface area (Å²) in [5, 5.41) is 33.4. The van der Waals surface area contributed by atoms with Gasteiger partial charge in [0.1, 0.15) is 0 Å². The molecule has 26 heavy (non-hydrogen) atoms. The Morgan fingerprint density at radius 2 is 1.46 bits per heavy atom. The van der Waals surface area contributed by atoms with Crippen LogP contribution in [0.2, 0.25) is 0 Å². The number of hydrogen-bond donors (Lipinski definition) is 2. The van der Waals surface area contributed by atoms with E-state index in [0.29, 0.717) is 0 Å². The standard InChI is InChI=1S/C15H25NO10/c1-5-25-12(17)14(19)7-9(10(23-3)24-4)8-15(20,11(14)16(21)22)13(18)26-6-2/h9-11,19-20H,5-8H2,1-4H3/t9?,11?,14-,15+. The summed E-state index contributed by atoms with van der Waals surface area (Å²) in [5.41, 5.74) is -5.56. The van der Waals surface area contributed by atoms with Gasteiger partial charge in [0.05, 0.1) is 13.2 Å². The van der Waals surface area contributed by atoms with E-state index in [1.165, 1.54) is 28.1 Å². The van der Waals surface area contributed by atoms with E-state index in [-0.39, 0.29) is 13.2 Å². The Labute approximate surface area is 150 Å². The number of nitrogens with zero attached hydrogens (tertiary/aromatic N) is 1. The van der Waals surface area contributed by atoms with Crippen LogP contribution in [0.5, 0.6) is 0 Å². The monoisotopic (exact) mass is 379 g/mol. The Kier molecular flexibility index (Phi) is 7.45. The molecule has 150 valence electrons. The number of esters is 2. The van der Waals surface area contributed by atoms with Gasteiger partial charge in [0, 0.05) is 37.9 Å². The van der Waals surface area contributed by atoms with Gasteiger partial charge < -0.3 is 29.2 Å². The maximum absolute atomic E-state index is 12.3. The molecule has 2 N–H and O–H groups in total. The number of aliphatic hydroxyl groups is 2. The number of ether oxygens (including phenoxy) is 4. The van der Waals surface area contributed by atoms with Gasteiger partial charge in [-0.3, -0.25) is 10.1 Å². The average molecular weight is 379 g/mol. The lowest BCUT2D eigenvalue weighted by atomic mass is 9.66. The summed E-state index contributed by atoms with van der Waals surface area (Å²) < 4.78 is 19.7. The molecule has 11 nitrogen and oxygen atoms in total. The SMILES string of the molecule is CCOC(=O)[C@]1(O)CC(C(OC)OC)C[C@](O)(C(=O)OCC)C1[N+](=O)[O-]. The molecule has 0 aromatic heterocycles. The smallest absolute Gasteiger partial charge is 0.345 e. The predicted molar refractivity (Wildman–Crippen MR) is 84.5 cm³/mol. The minimum Gasteiger partial charge on any atom is -0.464 e. The van der Waals surface area contributed by atoms with E-state index >= 15 is 0 Å². The third-order valence-corrected chi connectivity index (χ3v) is 4.37. The van der Waals surface area contributed by atoms with E-state index in [4.69, 9.17) is 18.9 Å². The van der Waals surface area contributed by atoms with Crippen molar-refractivity contribution in [3.63, 3.8) is 0 Å². The van der Waals surface area contributed by atoms with E-state index in [0.717, 1.165) is 0 Å². The van der Waals surface area contributed by atoms with Crippen LogP contribution in [0, 0.1) is 16.0 Å². The maximum Gasteiger partial charge on any atom is 0.345 e. The molecule has 2 unspecified atom stereocenters. The molecule has 0 aliphatic heterocycles. The summed E-state index contributed by atoms with van der Waals surface area (Å²) in [6.07, 6.45) is -2.05. The van der Waals surface area contributed by atoms with Crippen LogP contribution >= 0.6 is 0 Å². The largest absolute Gasteiger partial charge is 0.464 e. The maximum atomic E-state index is 12.3. The number of rotatable bonds is 8. The highest BCUT2D eigenvalue weighted by Crippen LogP contribution is 2.44. The zero-order chi connectivity index (χ0) is 20.1. The van der Waals surface area contributed by atoms with E-state index in [2.05, 4.69) is 0 Å². The van der Waals surface area contributed by atoms with Crippen molar-refractivity contribution >= 4 is 11.9 Å². The fourth-order valence-corrected chi connectivity index (χ4v) is 3.41. The second kappa shape index (κ2) is 8.71. The van der Waals surface area contributed by atoms with Crippen molar-refractivity contribution in [1.29, 1.82) is 0 Å². The van der Waals surface area contributed by atoms with Crippen molar-refractivity contribution in [3.05, 3.63) is 10.1 Å². The molecule has 0 radical (unpaired) electrons. The molecule has 11 heteroatoms. The molecule has 0 bridgehead atoms. The first-order valence-corrected chi connectivity index (χ1v) is 8.10. The molecule has 1 aliphatic carbocycles. The number of carbonyl (C=O) groups is 2. The molecule has 0 aromatic rings. The molecule has 4 atom stereocenters. The molecule has 1 rings (SSSR count). The van der Waals surface area contributed by atoms with Gasteiger partial charge in [-0.05, 0) is 13.8 Å². The van der Waals surface area contributed by atoms with Gasteiger partial charge in [0.2, 0.25) is 11.2 Å². The van der Waals surface area contributed by atoms with Gasteiger partial charge in [-0.2, -0.15) is 0 Å². The third-order valence-electron chi connectivity index (χ3n) is 4.37. The lowest BCUT2D eigenvalue weighted by molar-refractivity contribution is -0.567. The average Bonchev–Trinajstić information content (AvgIpc) is 2.55. The summed E-state index contributed by atoms with van der Waals surface area (Å²) >= 11 is 0. The first-order valence-electron chi connectivity index (χ1n) is 8.10. The minimum atomic E-state index is -2.78. The van der Waals surface area contributed by atoms with Gasteiger partial charge >= 0.3 is 11.9 Å². The number of hydrogen-bond acceptors (Lipinski definition) is 10. The van der Waals surface area contributed by atoms with E-state index < -0.39 is 59.2 Å². The Balaban J connectivity index is 3.51. The zero-order valence-corrected chi connectivity index (χ0v) is 15.2. The summed E-state index contributed by atoms with van der Waals surface area (Å²) in [6.45, 7) is 2.58. The van der Waals surface area contributed by atoms with Crippen LogP contribution in [-0.4, -0.2) is 78.0 Å².